The molecule has 2 heterocycles. The summed E-state index contributed by atoms with van der Waals surface area (Å²) in [5.41, 5.74) is 2.83. The number of nitrogens with one attached hydrogen (secondary N) is 2. The van der Waals surface area contributed by atoms with Crippen LogP contribution >= 0.6 is 0 Å². The fourth-order valence-electron chi connectivity index (χ4n) is 1.98. The molecule has 0 saturated carbocycles. The number of hydrogen-bond donors (Lipinski definition) is 2. The molecule has 0 fully saturated rings. The predicted octanol–water partition coefficient (Wildman–Crippen LogP) is 3.42. The number of fused-ring (bicyclic) bond motifs is 1. The second-order valence-electron chi connectivity index (χ2n) is 4.59. The largest absolute Gasteiger partial charge is 0.368 e. The summed E-state index contributed by atoms with van der Waals surface area (Å²) < 4.78 is 0. The Labute approximate surface area is 117 Å². The Morgan fingerprint density at radius 1 is 0.850 bits per heavy atom. The van der Waals surface area contributed by atoms with Crippen molar-refractivity contribution in [2.75, 3.05) is 17.3 Å². The summed E-state index contributed by atoms with van der Waals surface area (Å²) >= 11 is 0. The molecule has 0 unspecified atom stereocenters. The average molecular weight is 264 g/mol. The van der Waals surface area contributed by atoms with Crippen molar-refractivity contribution >= 4 is 22.5 Å². The number of aryl methyl sites for hydroxylation is 1. The molecule has 0 aliphatic heterocycles. The number of aromatic nitrogens is 2. The SMILES string of the molecule is Cc1ccc2ccc(NCNc3ccccc3)nc2n1. The Morgan fingerprint density at radius 3 is 2.50 bits per heavy atom. The van der Waals surface area contributed by atoms with Crippen molar-refractivity contribution in [2.45, 2.75) is 6.92 Å². The molecule has 3 rings (SSSR count). The Bertz CT molecular complexity index is 710. The zero-order valence-corrected chi connectivity index (χ0v) is 11.3. The van der Waals surface area contributed by atoms with Crippen molar-refractivity contribution < 1.29 is 0 Å². The first-order chi connectivity index (χ1) is 9.81. The Morgan fingerprint density at radius 2 is 1.65 bits per heavy atom. The Kier molecular flexibility index (Phi) is 3.46. The molecule has 0 saturated heterocycles. The summed E-state index contributed by atoms with van der Waals surface area (Å²) in [6.45, 7) is 2.59. The molecule has 4 heteroatoms. The summed E-state index contributed by atoms with van der Waals surface area (Å²) in [5, 5.41) is 7.58. The van der Waals surface area contributed by atoms with Gasteiger partial charge >= 0.3 is 0 Å². The minimum atomic E-state index is 0.619. The number of rotatable bonds is 4. The molecule has 0 aliphatic carbocycles. The van der Waals surface area contributed by atoms with E-state index in [1.54, 1.807) is 0 Å². The molecule has 20 heavy (non-hydrogen) atoms. The third-order valence-electron chi connectivity index (χ3n) is 3.03. The van der Waals surface area contributed by atoms with Gasteiger partial charge in [0.05, 0.1) is 6.67 Å². The third-order valence-corrected chi connectivity index (χ3v) is 3.03. The fraction of sp³-hybridized carbons (Fsp3) is 0.125. The number of pyridine rings is 2. The molecule has 0 amide bonds. The van der Waals surface area contributed by atoms with E-state index < -0.39 is 0 Å². The van der Waals surface area contributed by atoms with Gasteiger partial charge in [-0.1, -0.05) is 18.2 Å². The zero-order chi connectivity index (χ0) is 13.8. The summed E-state index contributed by atoms with van der Waals surface area (Å²) in [7, 11) is 0. The van der Waals surface area contributed by atoms with Crippen LogP contribution in [0.4, 0.5) is 11.5 Å². The lowest BCUT2D eigenvalue weighted by molar-refractivity contribution is 1.15. The van der Waals surface area contributed by atoms with E-state index in [-0.39, 0.29) is 0 Å². The monoisotopic (exact) mass is 264 g/mol. The number of benzene rings is 1. The highest BCUT2D eigenvalue weighted by Crippen LogP contribution is 2.13. The molecule has 2 N–H and O–H groups in total. The minimum Gasteiger partial charge on any atom is -0.368 e. The van der Waals surface area contributed by atoms with Crippen LogP contribution in [-0.2, 0) is 0 Å². The normalized spacial score (nSPS) is 10.4. The van der Waals surface area contributed by atoms with E-state index >= 15 is 0 Å². The first kappa shape index (κ1) is 12.4. The van der Waals surface area contributed by atoms with E-state index in [0.29, 0.717) is 6.67 Å². The van der Waals surface area contributed by atoms with Crippen LogP contribution in [0.1, 0.15) is 5.69 Å². The van der Waals surface area contributed by atoms with Crippen LogP contribution in [0.15, 0.2) is 54.6 Å². The van der Waals surface area contributed by atoms with Crippen molar-refractivity contribution in [3.8, 4) is 0 Å². The topological polar surface area (TPSA) is 49.8 Å². The van der Waals surface area contributed by atoms with Gasteiger partial charge in [0.25, 0.3) is 0 Å². The van der Waals surface area contributed by atoms with Crippen LogP contribution in [0.3, 0.4) is 0 Å². The molecule has 0 aliphatic rings. The maximum Gasteiger partial charge on any atom is 0.161 e. The fourth-order valence-corrected chi connectivity index (χ4v) is 1.98. The van der Waals surface area contributed by atoms with Gasteiger partial charge in [-0.15, -0.1) is 0 Å². The maximum absolute atomic E-state index is 4.51. The minimum absolute atomic E-state index is 0.619. The summed E-state index contributed by atoms with van der Waals surface area (Å²) in [6, 6.07) is 18.1. The lowest BCUT2D eigenvalue weighted by Crippen LogP contribution is -2.12. The highest BCUT2D eigenvalue weighted by molar-refractivity contribution is 5.76. The molecular formula is C16H16N4. The second kappa shape index (κ2) is 5.57. The highest BCUT2D eigenvalue weighted by atomic mass is 15.1. The number of hydrogen-bond acceptors (Lipinski definition) is 4. The average Bonchev–Trinajstić information content (AvgIpc) is 2.48. The van der Waals surface area contributed by atoms with Gasteiger partial charge < -0.3 is 10.6 Å². The molecule has 0 radical (unpaired) electrons. The van der Waals surface area contributed by atoms with Gasteiger partial charge in [0, 0.05) is 16.8 Å². The number of anilines is 2. The number of para-hydroxylation sites is 1. The molecule has 1 aromatic carbocycles. The van der Waals surface area contributed by atoms with Gasteiger partial charge in [-0.2, -0.15) is 0 Å². The lowest BCUT2D eigenvalue weighted by Gasteiger charge is -2.09. The van der Waals surface area contributed by atoms with Crippen molar-refractivity contribution in [3.05, 3.63) is 60.3 Å². The molecular weight excluding hydrogens is 248 g/mol. The summed E-state index contributed by atoms with van der Waals surface area (Å²) in [5.74, 6) is 0.819. The first-order valence-corrected chi connectivity index (χ1v) is 6.58. The number of nitrogens with zero attached hydrogens (tertiary/aromatic N) is 2. The van der Waals surface area contributed by atoms with E-state index in [0.717, 1.165) is 28.2 Å². The lowest BCUT2D eigenvalue weighted by atomic mass is 10.2. The smallest absolute Gasteiger partial charge is 0.161 e. The molecule has 4 nitrogen and oxygen atoms in total. The molecule has 100 valence electrons. The van der Waals surface area contributed by atoms with Gasteiger partial charge in [0.15, 0.2) is 5.65 Å². The van der Waals surface area contributed by atoms with Crippen LogP contribution in [0.2, 0.25) is 0 Å². The summed E-state index contributed by atoms with van der Waals surface area (Å²) in [4.78, 5) is 8.94. The Balaban J connectivity index is 1.68. The van der Waals surface area contributed by atoms with Crippen molar-refractivity contribution in [2.24, 2.45) is 0 Å². The van der Waals surface area contributed by atoms with Gasteiger partial charge in [0.2, 0.25) is 0 Å². The van der Waals surface area contributed by atoms with E-state index in [1.165, 1.54) is 0 Å². The zero-order valence-electron chi connectivity index (χ0n) is 11.3. The van der Waals surface area contributed by atoms with Gasteiger partial charge in [0.1, 0.15) is 5.82 Å². The molecule has 0 atom stereocenters. The predicted molar refractivity (Wildman–Crippen MR) is 82.8 cm³/mol. The van der Waals surface area contributed by atoms with E-state index in [2.05, 4.69) is 20.6 Å². The maximum atomic E-state index is 4.51. The summed E-state index contributed by atoms with van der Waals surface area (Å²) in [6.07, 6.45) is 0. The van der Waals surface area contributed by atoms with Crippen LogP contribution < -0.4 is 10.6 Å². The Hall–Kier alpha value is -2.62. The molecule has 0 spiro atoms. The van der Waals surface area contributed by atoms with Crippen LogP contribution in [0, 0.1) is 6.92 Å². The second-order valence-corrected chi connectivity index (χ2v) is 4.59. The quantitative estimate of drug-likeness (QED) is 0.709. The van der Waals surface area contributed by atoms with Gasteiger partial charge in [-0.3, -0.25) is 0 Å². The highest BCUT2D eigenvalue weighted by Gasteiger charge is 1.99. The van der Waals surface area contributed by atoms with Crippen LogP contribution in [0.25, 0.3) is 11.0 Å². The van der Waals surface area contributed by atoms with Gasteiger partial charge in [-0.05, 0) is 43.3 Å². The molecule has 0 bridgehead atoms. The third kappa shape index (κ3) is 2.85. The van der Waals surface area contributed by atoms with Crippen molar-refractivity contribution in [1.82, 2.24) is 9.97 Å². The molecule has 2 aromatic heterocycles. The van der Waals surface area contributed by atoms with E-state index in [9.17, 15) is 0 Å². The van der Waals surface area contributed by atoms with Gasteiger partial charge in [-0.25, -0.2) is 9.97 Å². The van der Waals surface area contributed by atoms with Crippen LogP contribution in [-0.4, -0.2) is 16.6 Å². The van der Waals surface area contributed by atoms with Crippen molar-refractivity contribution in [3.63, 3.8) is 0 Å². The molecule has 3 aromatic rings. The van der Waals surface area contributed by atoms with E-state index in [4.69, 9.17) is 0 Å². The standard InChI is InChI=1S/C16H16N4/c1-12-7-8-13-9-10-15(20-16(13)19-12)18-11-17-14-5-3-2-4-6-14/h2-10,17H,11H2,1H3,(H,18,19,20). The van der Waals surface area contributed by atoms with E-state index in [1.807, 2.05) is 61.5 Å². The van der Waals surface area contributed by atoms with Crippen molar-refractivity contribution in [1.29, 1.82) is 0 Å². The van der Waals surface area contributed by atoms with Crippen LogP contribution in [0.5, 0.6) is 0 Å². The first-order valence-electron chi connectivity index (χ1n) is 6.58.